The fraction of sp³-hybridized carbons (Fsp3) is 0.0800. The van der Waals surface area contributed by atoms with Gasteiger partial charge in [0.15, 0.2) is 0 Å². The summed E-state index contributed by atoms with van der Waals surface area (Å²) in [6.45, 7) is 0. The zero-order chi connectivity index (χ0) is 40.5. The highest BCUT2D eigenvalue weighted by atomic mass is 31.1. The maximum absolute atomic E-state index is 15.0. The molecular weight excluding hydrogens is 783 g/mol. The van der Waals surface area contributed by atoms with Crippen molar-refractivity contribution in [3.8, 4) is 0 Å². The van der Waals surface area contributed by atoms with Crippen molar-refractivity contribution in [1.82, 2.24) is 18.7 Å². The molecule has 0 saturated carbocycles. The van der Waals surface area contributed by atoms with Gasteiger partial charge in [0.25, 0.3) is 22.2 Å². The summed E-state index contributed by atoms with van der Waals surface area (Å²) in [5, 5.41) is 3.55. The number of aromatic nitrogens is 4. The minimum Gasteiger partial charge on any atom is -0.267 e. The molecule has 5 atom stereocenters. The molecule has 2 aromatic heterocycles. The highest BCUT2D eigenvalue weighted by Crippen LogP contribution is 2.69. The minimum atomic E-state index is -1.51. The van der Waals surface area contributed by atoms with Gasteiger partial charge in [0.1, 0.15) is 23.1 Å². The van der Waals surface area contributed by atoms with E-state index in [9.17, 15) is 0 Å². The van der Waals surface area contributed by atoms with Crippen LogP contribution in [0.4, 0.5) is 0 Å². The topological polar surface area (TPSA) is 88.0 Å². The molecule has 0 saturated heterocycles. The Morgan fingerprint density at radius 3 is 0.700 bits per heavy atom. The molecule has 9 aromatic rings. The van der Waals surface area contributed by atoms with Crippen LogP contribution in [0.15, 0.2) is 213 Å². The van der Waals surface area contributed by atoms with E-state index in [1.807, 2.05) is 133 Å². The number of nitrogens with zero attached hydrogens (tertiary/aromatic N) is 4. The molecule has 0 N–H and O–H groups in total. The van der Waals surface area contributed by atoms with Crippen LogP contribution in [-0.2, 0) is 0 Å². The Balaban J connectivity index is 1.26. The quantitative estimate of drug-likeness (QED) is 0.158. The standard InChI is InChI=1S/C50H36N4O4P2/c55-43-37-27-13-14-28-38(37)44(56)52-48(34-21-7-2-8-22-34)59(47(51(43)52)33-19-5-1-6-20-33)41-31-17-18-32-42(41)60-49(35-23-9-3-10-24-35)53-45(57)39-29-15-16-30-40(39)46(58)54(53)50(60)36-25-11-4-12-26-36/h1-32,47-50H/t47-,48-,49-,50+,60-/m0/s1. The molecule has 0 aliphatic carbocycles. The second-order valence-corrected chi connectivity index (χ2v) is 19.7. The van der Waals surface area contributed by atoms with Crippen molar-refractivity contribution in [2.75, 3.05) is 0 Å². The van der Waals surface area contributed by atoms with Crippen molar-refractivity contribution < 1.29 is 0 Å². The number of benzene rings is 7. The number of fused-ring (bicyclic) bond motifs is 4. The third kappa shape index (κ3) is 5.45. The second-order valence-electron chi connectivity index (χ2n) is 15.1. The zero-order valence-electron chi connectivity index (χ0n) is 32.1. The zero-order valence-corrected chi connectivity index (χ0v) is 33.9. The smallest absolute Gasteiger partial charge is 0.267 e. The van der Waals surface area contributed by atoms with E-state index >= 15 is 19.2 Å². The van der Waals surface area contributed by atoms with E-state index in [-0.39, 0.29) is 22.2 Å². The van der Waals surface area contributed by atoms with Crippen molar-refractivity contribution in [3.63, 3.8) is 0 Å². The Morgan fingerprint density at radius 1 is 0.267 bits per heavy atom. The van der Waals surface area contributed by atoms with E-state index < -0.39 is 39.0 Å². The third-order valence-electron chi connectivity index (χ3n) is 11.9. The van der Waals surface area contributed by atoms with Gasteiger partial charge in [-0.25, -0.2) is 18.7 Å². The van der Waals surface area contributed by atoms with Crippen molar-refractivity contribution in [2.24, 2.45) is 0 Å². The maximum atomic E-state index is 15.0. The van der Waals surface area contributed by atoms with Gasteiger partial charge >= 0.3 is 0 Å². The van der Waals surface area contributed by atoms with E-state index in [0.29, 0.717) is 21.5 Å². The summed E-state index contributed by atoms with van der Waals surface area (Å²) in [6, 6.07) is 62.7. The molecule has 2 aliphatic heterocycles. The summed E-state index contributed by atoms with van der Waals surface area (Å²) < 4.78 is 6.90. The molecule has 2 aliphatic rings. The van der Waals surface area contributed by atoms with Gasteiger partial charge in [-0.3, -0.25) is 19.2 Å². The number of rotatable bonds is 6. The van der Waals surface area contributed by atoms with E-state index in [0.717, 1.165) is 32.9 Å². The summed E-state index contributed by atoms with van der Waals surface area (Å²) in [6.07, 6.45) is 0. The van der Waals surface area contributed by atoms with Crippen LogP contribution in [0.5, 0.6) is 0 Å². The summed E-state index contributed by atoms with van der Waals surface area (Å²) in [5.41, 5.74) is 2.77. The van der Waals surface area contributed by atoms with Crippen molar-refractivity contribution >= 4 is 48.0 Å². The largest absolute Gasteiger partial charge is 0.274 e. The predicted molar refractivity (Wildman–Crippen MR) is 243 cm³/mol. The van der Waals surface area contributed by atoms with E-state index in [2.05, 4.69) is 12.1 Å². The van der Waals surface area contributed by atoms with Crippen molar-refractivity contribution in [1.29, 1.82) is 0 Å². The average Bonchev–Trinajstić information content (AvgIpc) is 3.87. The van der Waals surface area contributed by atoms with E-state index in [1.54, 1.807) is 67.3 Å². The first-order chi connectivity index (χ1) is 29.5. The van der Waals surface area contributed by atoms with E-state index in [4.69, 9.17) is 0 Å². The molecule has 60 heavy (non-hydrogen) atoms. The molecule has 4 heterocycles. The summed E-state index contributed by atoms with van der Waals surface area (Å²) >= 11 is 0. The molecular formula is C50H36N4O4P2. The first-order valence-corrected chi connectivity index (χ1v) is 22.9. The van der Waals surface area contributed by atoms with Gasteiger partial charge in [0.2, 0.25) is 0 Å². The van der Waals surface area contributed by atoms with Crippen LogP contribution < -0.4 is 32.8 Å². The Labute approximate surface area is 346 Å². The summed E-state index contributed by atoms with van der Waals surface area (Å²) in [7, 11) is -3.02. The SMILES string of the molecule is O=c1c2ccccc2c(=O)n2n1[C@@H](c1ccccc1)[P@@](c1ccccc1P1[C@@H](c3ccccc3)n3c(=O)c4ccccc4c(=O)n3[C@@H]1c1ccccc1)[C@H]2c1ccccc1. The Hall–Kier alpha value is -6.72. The van der Waals surface area contributed by atoms with Crippen LogP contribution in [0.3, 0.4) is 0 Å². The fourth-order valence-corrected chi connectivity index (χ4v) is 16.6. The minimum absolute atomic E-state index is 0.226. The van der Waals surface area contributed by atoms with Crippen LogP contribution in [0.1, 0.15) is 45.4 Å². The molecule has 290 valence electrons. The molecule has 0 radical (unpaired) electrons. The van der Waals surface area contributed by atoms with E-state index in [1.165, 1.54) is 0 Å². The maximum Gasteiger partial charge on any atom is 0.274 e. The van der Waals surface area contributed by atoms with Crippen LogP contribution in [-0.4, -0.2) is 18.7 Å². The van der Waals surface area contributed by atoms with Gasteiger partial charge in [-0.1, -0.05) is 170 Å². The Bertz CT molecular complexity index is 2930. The van der Waals surface area contributed by atoms with Gasteiger partial charge in [0.05, 0.1) is 21.5 Å². The van der Waals surface area contributed by atoms with Gasteiger partial charge < -0.3 is 0 Å². The lowest BCUT2D eigenvalue weighted by atomic mass is 10.2. The first-order valence-electron chi connectivity index (χ1n) is 19.9. The molecule has 7 aromatic carbocycles. The van der Waals surface area contributed by atoms with Crippen molar-refractivity contribution in [2.45, 2.75) is 23.1 Å². The normalized spacial score (nSPS) is 19.7. The highest BCUT2D eigenvalue weighted by molar-refractivity contribution is 7.72. The molecule has 0 amide bonds. The molecule has 11 rings (SSSR count). The molecule has 0 unspecified atom stereocenters. The lowest BCUT2D eigenvalue weighted by molar-refractivity contribution is 0.494. The molecule has 0 fully saturated rings. The Kier molecular flexibility index (Phi) is 8.81. The summed E-state index contributed by atoms with van der Waals surface area (Å²) in [5.74, 6) is -2.13. The molecule has 10 heteroatoms. The monoisotopic (exact) mass is 818 g/mol. The van der Waals surface area contributed by atoms with Gasteiger partial charge in [-0.05, 0) is 73.0 Å². The highest BCUT2D eigenvalue weighted by Gasteiger charge is 2.50. The second kappa shape index (κ2) is 14.5. The van der Waals surface area contributed by atoms with Gasteiger partial charge in [-0.2, -0.15) is 0 Å². The molecule has 0 bridgehead atoms. The van der Waals surface area contributed by atoms with Gasteiger partial charge in [0, 0.05) is 0 Å². The van der Waals surface area contributed by atoms with Gasteiger partial charge in [-0.15, -0.1) is 0 Å². The molecule has 8 nitrogen and oxygen atoms in total. The predicted octanol–water partition coefficient (Wildman–Crippen LogP) is 8.47. The number of hydrogen-bond donors (Lipinski definition) is 0. The summed E-state index contributed by atoms with van der Waals surface area (Å²) in [4.78, 5) is 60.0. The lowest BCUT2D eigenvalue weighted by Gasteiger charge is -2.32. The number of hydrogen-bond acceptors (Lipinski definition) is 4. The van der Waals surface area contributed by atoms with Crippen LogP contribution in [0.2, 0.25) is 0 Å². The Morgan fingerprint density at radius 2 is 0.467 bits per heavy atom. The first kappa shape index (κ1) is 36.4. The molecule has 0 spiro atoms. The van der Waals surface area contributed by atoms with Crippen LogP contribution >= 0.6 is 15.8 Å². The lowest BCUT2D eigenvalue weighted by Crippen LogP contribution is -2.37. The van der Waals surface area contributed by atoms with Crippen LogP contribution in [0.25, 0.3) is 21.5 Å². The fourth-order valence-electron chi connectivity index (χ4n) is 9.39. The average molecular weight is 819 g/mol. The third-order valence-corrected chi connectivity index (χ3v) is 18.1. The van der Waals surface area contributed by atoms with Crippen LogP contribution in [0, 0.1) is 0 Å². The van der Waals surface area contributed by atoms with Crippen molar-refractivity contribution in [3.05, 3.63) is 258 Å².